The first-order valence-electron chi connectivity index (χ1n) is 11.7. The highest BCUT2D eigenvalue weighted by atomic mass is 31.1. The van der Waals surface area contributed by atoms with Crippen molar-refractivity contribution in [2.24, 2.45) is 0 Å². The molecule has 3 aromatic carbocycles. The van der Waals surface area contributed by atoms with E-state index >= 15 is 0 Å². The molecule has 0 nitrogen and oxygen atoms in total. The molecule has 3 aromatic rings. The summed E-state index contributed by atoms with van der Waals surface area (Å²) < 4.78 is 39.4. The van der Waals surface area contributed by atoms with E-state index in [-0.39, 0.29) is 10.3 Å². The molecule has 4 heteroatoms. The van der Waals surface area contributed by atoms with E-state index in [0.29, 0.717) is 0 Å². The summed E-state index contributed by atoms with van der Waals surface area (Å²) in [5.74, 6) is 0. The molecule has 0 N–H and O–H groups in total. The van der Waals surface area contributed by atoms with Gasteiger partial charge in [0.2, 0.25) is 0 Å². The number of alkyl halides is 3. The second-order valence-electron chi connectivity index (χ2n) is 11.2. The lowest BCUT2D eigenvalue weighted by Gasteiger charge is -2.43. The van der Waals surface area contributed by atoms with Gasteiger partial charge in [-0.3, -0.25) is 0 Å². The van der Waals surface area contributed by atoms with E-state index in [2.05, 4.69) is 85.7 Å². The Morgan fingerprint density at radius 3 is 1.65 bits per heavy atom. The predicted octanol–water partition coefficient (Wildman–Crippen LogP) is 9.67. The highest BCUT2D eigenvalue weighted by Gasteiger charge is 2.37. The van der Waals surface area contributed by atoms with Crippen molar-refractivity contribution in [3.8, 4) is 22.3 Å². The van der Waals surface area contributed by atoms with Crippen LogP contribution in [0.2, 0.25) is 0 Å². The second kappa shape index (κ2) is 9.15. The summed E-state index contributed by atoms with van der Waals surface area (Å²) in [5, 5.41) is 1.62. The standard InChI is InChI=1S/C30H36F3P/c1-19-18-20(2)27(21(3)26(19)22-14-16-23(17-15-22)30(31,32)33)24-12-10-11-13-25(24)34(28(4,5)6)29(7,8)9/h10-18H,1-9H3. The fraction of sp³-hybridized carbons (Fsp3) is 0.400. The third-order valence-electron chi connectivity index (χ3n) is 6.23. The van der Waals surface area contributed by atoms with Crippen molar-refractivity contribution in [2.75, 3.05) is 0 Å². The molecule has 0 spiro atoms. The lowest BCUT2D eigenvalue weighted by molar-refractivity contribution is -0.137. The first kappa shape index (κ1) is 26.5. The van der Waals surface area contributed by atoms with Crippen molar-refractivity contribution in [3.05, 3.63) is 76.9 Å². The van der Waals surface area contributed by atoms with Gasteiger partial charge in [0.15, 0.2) is 0 Å². The van der Waals surface area contributed by atoms with Gasteiger partial charge in [0.25, 0.3) is 0 Å². The number of halogens is 3. The van der Waals surface area contributed by atoms with Crippen LogP contribution in [0, 0.1) is 20.8 Å². The second-order valence-corrected chi connectivity index (χ2v) is 15.0. The molecule has 0 aliphatic carbocycles. The zero-order valence-corrected chi connectivity index (χ0v) is 22.7. The molecular formula is C30H36F3P. The van der Waals surface area contributed by atoms with Crippen LogP contribution in [-0.2, 0) is 6.18 Å². The number of hydrogen-bond donors (Lipinski definition) is 0. The smallest absolute Gasteiger partial charge is 0.166 e. The molecule has 0 aliphatic heterocycles. The van der Waals surface area contributed by atoms with Crippen molar-refractivity contribution in [1.29, 1.82) is 0 Å². The molecule has 0 heterocycles. The maximum atomic E-state index is 13.1. The van der Waals surface area contributed by atoms with Crippen LogP contribution >= 0.6 is 7.92 Å². The van der Waals surface area contributed by atoms with Crippen LogP contribution in [0.5, 0.6) is 0 Å². The molecule has 0 amide bonds. The fourth-order valence-electron chi connectivity index (χ4n) is 5.48. The predicted molar refractivity (Wildman–Crippen MR) is 143 cm³/mol. The topological polar surface area (TPSA) is 0 Å². The summed E-state index contributed by atoms with van der Waals surface area (Å²) in [5.41, 5.74) is 7.02. The minimum atomic E-state index is -4.34. The van der Waals surface area contributed by atoms with Gasteiger partial charge in [-0.2, -0.15) is 13.2 Å². The van der Waals surface area contributed by atoms with Crippen LogP contribution in [0.4, 0.5) is 13.2 Å². The third kappa shape index (κ3) is 5.25. The summed E-state index contributed by atoms with van der Waals surface area (Å²) in [4.78, 5) is 0. The molecule has 0 radical (unpaired) electrons. The Balaban J connectivity index is 2.28. The van der Waals surface area contributed by atoms with E-state index in [9.17, 15) is 13.2 Å². The lowest BCUT2D eigenvalue weighted by Crippen LogP contribution is -2.32. The van der Waals surface area contributed by atoms with Gasteiger partial charge in [-0.05, 0) is 87.5 Å². The van der Waals surface area contributed by atoms with Crippen LogP contribution in [0.15, 0.2) is 54.6 Å². The average molecular weight is 485 g/mol. The number of benzene rings is 3. The molecule has 0 bridgehead atoms. The van der Waals surface area contributed by atoms with Gasteiger partial charge in [-0.25, -0.2) is 0 Å². The summed E-state index contributed by atoms with van der Waals surface area (Å²) in [6, 6.07) is 16.4. The van der Waals surface area contributed by atoms with E-state index in [0.717, 1.165) is 22.3 Å². The highest BCUT2D eigenvalue weighted by Crippen LogP contribution is 2.59. The third-order valence-corrected chi connectivity index (χ3v) is 9.78. The quantitative estimate of drug-likeness (QED) is 0.325. The molecule has 182 valence electrons. The maximum absolute atomic E-state index is 13.1. The molecule has 0 fully saturated rings. The Bertz CT molecular complexity index is 1160. The minimum absolute atomic E-state index is 0.118. The normalized spacial score (nSPS) is 13.0. The van der Waals surface area contributed by atoms with Gasteiger partial charge < -0.3 is 0 Å². The van der Waals surface area contributed by atoms with Crippen molar-refractivity contribution in [1.82, 2.24) is 0 Å². The summed E-state index contributed by atoms with van der Waals surface area (Å²) in [7, 11) is -0.521. The summed E-state index contributed by atoms with van der Waals surface area (Å²) >= 11 is 0. The van der Waals surface area contributed by atoms with Crippen molar-refractivity contribution in [2.45, 2.75) is 78.8 Å². The van der Waals surface area contributed by atoms with E-state index < -0.39 is 19.7 Å². The van der Waals surface area contributed by atoms with E-state index in [1.165, 1.54) is 34.1 Å². The molecule has 0 saturated carbocycles. The summed E-state index contributed by atoms with van der Waals surface area (Å²) in [6.45, 7) is 20.2. The van der Waals surface area contributed by atoms with Gasteiger partial charge in [-0.15, -0.1) is 0 Å². The van der Waals surface area contributed by atoms with Gasteiger partial charge >= 0.3 is 6.18 Å². The van der Waals surface area contributed by atoms with Gasteiger partial charge in [0.1, 0.15) is 0 Å². The Hall–Kier alpha value is -2.12. The zero-order chi connectivity index (χ0) is 25.6. The number of rotatable bonds is 3. The fourth-order valence-corrected chi connectivity index (χ4v) is 9.60. The molecule has 3 rings (SSSR count). The van der Waals surface area contributed by atoms with E-state index in [1.807, 2.05) is 6.92 Å². The Labute approximate surface area is 204 Å². The Morgan fingerprint density at radius 1 is 0.647 bits per heavy atom. The Kier molecular flexibility index (Phi) is 7.13. The maximum Gasteiger partial charge on any atom is 0.416 e. The summed E-state index contributed by atoms with van der Waals surface area (Å²) in [6.07, 6.45) is -4.34. The minimum Gasteiger partial charge on any atom is -0.166 e. The van der Waals surface area contributed by atoms with Crippen molar-refractivity contribution in [3.63, 3.8) is 0 Å². The van der Waals surface area contributed by atoms with Crippen LogP contribution in [-0.4, -0.2) is 10.3 Å². The first-order chi connectivity index (χ1) is 15.5. The average Bonchev–Trinajstić information content (AvgIpc) is 2.66. The van der Waals surface area contributed by atoms with E-state index in [4.69, 9.17) is 0 Å². The van der Waals surface area contributed by atoms with Gasteiger partial charge in [0.05, 0.1) is 5.56 Å². The monoisotopic (exact) mass is 484 g/mol. The van der Waals surface area contributed by atoms with E-state index in [1.54, 1.807) is 12.1 Å². The van der Waals surface area contributed by atoms with Crippen LogP contribution in [0.25, 0.3) is 22.3 Å². The first-order valence-corrected chi connectivity index (χ1v) is 13.1. The van der Waals surface area contributed by atoms with Crippen LogP contribution < -0.4 is 5.30 Å². The van der Waals surface area contributed by atoms with Crippen LogP contribution in [0.1, 0.15) is 63.8 Å². The molecule has 0 aromatic heterocycles. The van der Waals surface area contributed by atoms with Gasteiger partial charge in [0, 0.05) is 0 Å². The molecular weight excluding hydrogens is 448 g/mol. The molecule has 0 unspecified atom stereocenters. The highest BCUT2D eigenvalue weighted by molar-refractivity contribution is 7.68. The van der Waals surface area contributed by atoms with Crippen LogP contribution in [0.3, 0.4) is 0 Å². The SMILES string of the molecule is Cc1cc(C)c(-c2ccccc2P(C(C)(C)C)C(C)(C)C)c(C)c1-c1ccc(C(F)(F)F)cc1. The lowest BCUT2D eigenvalue weighted by atomic mass is 9.86. The van der Waals surface area contributed by atoms with Crippen molar-refractivity contribution >= 4 is 13.2 Å². The van der Waals surface area contributed by atoms with Gasteiger partial charge in [-0.1, -0.05) is 91.9 Å². The largest absolute Gasteiger partial charge is 0.416 e. The van der Waals surface area contributed by atoms with Crippen molar-refractivity contribution < 1.29 is 13.2 Å². The molecule has 34 heavy (non-hydrogen) atoms. The zero-order valence-electron chi connectivity index (χ0n) is 21.8. The molecule has 0 atom stereocenters. The molecule has 0 saturated heterocycles. The number of aryl methyl sites for hydroxylation is 2. The Morgan fingerprint density at radius 2 is 1.15 bits per heavy atom. The number of hydrogen-bond acceptors (Lipinski definition) is 0. The molecule has 0 aliphatic rings.